The summed E-state index contributed by atoms with van der Waals surface area (Å²) in [7, 11) is 0. The van der Waals surface area contributed by atoms with E-state index in [2.05, 4.69) is 15.3 Å². The minimum Gasteiger partial charge on any atom is -0.503 e. The average molecular weight is 289 g/mol. The van der Waals surface area contributed by atoms with Gasteiger partial charge in [0.1, 0.15) is 5.56 Å². The molecule has 1 aromatic heterocycles. The Bertz CT molecular complexity index is 732. The Labute approximate surface area is 118 Å². The lowest BCUT2D eigenvalue weighted by atomic mass is 10.1. The zero-order valence-corrected chi connectivity index (χ0v) is 10.9. The molecule has 21 heavy (non-hydrogen) atoms. The molecule has 2 rings (SSSR count). The van der Waals surface area contributed by atoms with Gasteiger partial charge in [0.15, 0.2) is 11.6 Å². The number of anilines is 2. The van der Waals surface area contributed by atoms with Crippen molar-refractivity contribution in [3.63, 3.8) is 0 Å². The van der Waals surface area contributed by atoms with E-state index in [-0.39, 0.29) is 34.5 Å². The van der Waals surface area contributed by atoms with Gasteiger partial charge in [-0.25, -0.2) is 4.98 Å². The van der Waals surface area contributed by atoms with Crippen LogP contribution in [-0.2, 0) is 0 Å². The molecule has 0 spiro atoms. The fraction of sp³-hybridized carbons (Fsp3) is 0.0833. The van der Waals surface area contributed by atoms with Gasteiger partial charge in [0.25, 0.3) is 11.6 Å². The van der Waals surface area contributed by atoms with Crippen LogP contribution < -0.4 is 11.1 Å². The van der Waals surface area contributed by atoms with Crippen LogP contribution in [0.2, 0.25) is 0 Å². The summed E-state index contributed by atoms with van der Waals surface area (Å²) in [5, 5.41) is 22.9. The summed E-state index contributed by atoms with van der Waals surface area (Å²) in [4.78, 5) is 29.7. The number of nitrogens with two attached hydrogens (primary N) is 1. The molecule has 108 valence electrons. The topological polar surface area (TPSA) is 144 Å². The molecule has 0 aliphatic heterocycles. The Hall–Kier alpha value is -3.23. The van der Waals surface area contributed by atoms with Gasteiger partial charge in [-0.2, -0.15) is 4.98 Å². The lowest BCUT2D eigenvalue weighted by Gasteiger charge is -2.08. The summed E-state index contributed by atoms with van der Waals surface area (Å²) >= 11 is 0. The monoisotopic (exact) mass is 289 g/mol. The van der Waals surface area contributed by atoms with Crippen LogP contribution in [-0.4, -0.2) is 25.9 Å². The van der Waals surface area contributed by atoms with Crippen LogP contribution in [0.1, 0.15) is 16.1 Å². The molecule has 9 heteroatoms. The number of benzene rings is 1. The van der Waals surface area contributed by atoms with Crippen LogP contribution in [0.15, 0.2) is 24.3 Å². The maximum Gasteiger partial charge on any atom is 0.282 e. The highest BCUT2D eigenvalue weighted by molar-refractivity contribution is 6.07. The molecule has 0 fully saturated rings. The quantitative estimate of drug-likeness (QED) is 0.569. The van der Waals surface area contributed by atoms with Gasteiger partial charge in [0, 0.05) is 6.07 Å². The van der Waals surface area contributed by atoms with E-state index in [4.69, 9.17) is 5.73 Å². The zero-order chi connectivity index (χ0) is 15.6. The van der Waals surface area contributed by atoms with Crippen molar-refractivity contribution in [3.05, 3.63) is 45.6 Å². The average Bonchev–Trinajstić information content (AvgIpc) is 2.44. The Kier molecular flexibility index (Phi) is 3.65. The SMILES string of the molecule is Cc1nc(N)nc(NC(=O)c2ccccc2[N+](=O)[O-])c1O. The highest BCUT2D eigenvalue weighted by Gasteiger charge is 2.21. The third-order valence-corrected chi connectivity index (χ3v) is 2.65. The first kappa shape index (κ1) is 14.2. The predicted molar refractivity (Wildman–Crippen MR) is 73.9 cm³/mol. The van der Waals surface area contributed by atoms with Crippen LogP contribution in [0.3, 0.4) is 0 Å². The molecule has 0 radical (unpaired) electrons. The molecule has 0 saturated carbocycles. The molecule has 0 bridgehead atoms. The minimum absolute atomic E-state index is 0.136. The van der Waals surface area contributed by atoms with Crippen molar-refractivity contribution >= 4 is 23.4 Å². The van der Waals surface area contributed by atoms with Crippen molar-refractivity contribution in [1.29, 1.82) is 0 Å². The number of aromatic hydroxyl groups is 1. The molecule has 0 unspecified atom stereocenters. The fourth-order valence-corrected chi connectivity index (χ4v) is 1.68. The molecule has 0 saturated heterocycles. The van der Waals surface area contributed by atoms with Crippen molar-refractivity contribution in [2.45, 2.75) is 6.92 Å². The van der Waals surface area contributed by atoms with Gasteiger partial charge in [-0.05, 0) is 13.0 Å². The van der Waals surface area contributed by atoms with Crippen LogP contribution >= 0.6 is 0 Å². The number of carbonyl (C=O) groups excluding carboxylic acids is 1. The van der Waals surface area contributed by atoms with Crippen molar-refractivity contribution in [3.8, 4) is 5.75 Å². The predicted octanol–water partition coefficient (Wildman–Crippen LogP) is 1.23. The summed E-state index contributed by atoms with van der Waals surface area (Å²) in [6.45, 7) is 1.48. The van der Waals surface area contributed by atoms with Crippen LogP contribution in [0.25, 0.3) is 0 Å². The van der Waals surface area contributed by atoms with Crippen molar-refractivity contribution in [2.24, 2.45) is 0 Å². The molecule has 1 heterocycles. The minimum atomic E-state index is -0.782. The highest BCUT2D eigenvalue weighted by atomic mass is 16.6. The van der Waals surface area contributed by atoms with Crippen LogP contribution in [0.4, 0.5) is 17.5 Å². The number of nitro benzene ring substituents is 1. The molecule has 4 N–H and O–H groups in total. The number of hydrogen-bond donors (Lipinski definition) is 3. The fourth-order valence-electron chi connectivity index (χ4n) is 1.68. The number of para-hydroxylation sites is 1. The maximum atomic E-state index is 12.1. The number of amides is 1. The molecule has 1 amide bonds. The number of nitrogens with one attached hydrogen (secondary N) is 1. The number of nitrogen functional groups attached to an aromatic ring is 1. The standard InChI is InChI=1S/C12H11N5O4/c1-6-9(18)10(16-12(13)14-6)15-11(19)7-4-2-3-5-8(7)17(20)21/h2-5,18H,1H3,(H3,13,14,15,16,19). The summed E-state index contributed by atoms with van der Waals surface area (Å²) < 4.78 is 0. The first-order valence-corrected chi connectivity index (χ1v) is 5.78. The van der Waals surface area contributed by atoms with E-state index in [1.54, 1.807) is 0 Å². The van der Waals surface area contributed by atoms with Gasteiger partial charge in [0.05, 0.1) is 10.6 Å². The first-order valence-electron chi connectivity index (χ1n) is 5.78. The van der Waals surface area contributed by atoms with Crippen LogP contribution in [0, 0.1) is 17.0 Å². The second kappa shape index (κ2) is 5.41. The first-order chi connectivity index (χ1) is 9.90. The third kappa shape index (κ3) is 2.86. The number of rotatable bonds is 3. The van der Waals surface area contributed by atoms with E-state index in [1.165, 1.54) is 31.2 Å². The Balaban J connectivity index is 2.38. The van der Waals surface area contributed by atoms with E-state index in [1.807, 2.05) is 0 Å². The van der Waals surface area contributed by atoms with Gasteiger partial charge in [-0.15, -0.1) is 0 Å². The largest absolute Gasteiger partial charge is 0.503 e. The summed E-state index contributed by atoms with van der Waals surface area (Å²) in [5.74, 6) is -1.47. The zero-order valence-electron chi connectivity index (χ0n) is 10.9. The normalized spacial score (nSPS) is 10.1. The molecule has 0 atom stereocenters. The van der Waals surface area contributed by atoms with E-state index in [0.29, 0.717) is 0 Å². The van der Waals surface area contributed by atoms with Gasteiger partial charge in [-0.3, -0.25) is 14.9 Å². The van der Waals surface area contributed by atoms with Gasteiger partial charge in [-0.1, -0.05) is 12.1 Å². The van der Waals surface area contributed by atoms with E-state index in [0.717, 1.165) is 0 Å². The van der Waals surface area contributed by atoms with Crippen molar-refractivity contribution in [1.82, 2.24) is 9.97 Å². The lowest BCUT2D eigenvalue weighted by molar-refractivity contribution is -0.385. The molecule has 0 aliphatic rings. The smallest absolute Gasteiger partial charge is 0.282 e. The lowest BCUT2D eigenvalue weighted by Crippen LogP contribution is -2.16. The van der Waals surface area contributed by atoms with Gasteiger partial charge in [0.2, 0.25) is 5.95 Å². The molecule has 0 aliphatic carbocycles. The van der Waals surface area contributed by atoms with Crippen molar-refractivity contribution < 1.29 is 14.8 Å². The highest BCUT2D eigenvalue weighted by Crippen LogP contribution is 2.26. The van der Waals surface area contributed by atoms with E-state index in [9.17, 15) is 20.0 Å². The Morgan fingerprint density at radius 1 is 1.38 bits per heavy atom. The van der Waals surface area contributed by atoms with E-state index >= 15 is 0 Å². The second-order valence-electron chi connectivity index (χ2n) is 4.09. The summed E-state index contributed by atoms with van der Waals surface area (Å²) in [5.41, 5.74) is 5.10. The third-order valence-electron chi connectivity index (χ3n) is 2.65. The van der Waals surface area contributed by atoms with Crippen molar-refractivity contribution in [2.75, 3.05) is 11.1 Å². The molecule has 1 aromatic carbocycles. The number of nitro groups is 1. The van der Waals surface area contributed by atoms with Gasteiger partial charge < -0.3 is 16.2 Å². The Morgan fingerprint density at radius 2 is 2.05 bits per heavy atom. The number of nitrogens with zero attached hydrogens (tertiary/aromatic N) is 3. The Morgan fingerprint density at radius 3 is 2.71 bits per heavy atom. The maximum absolute atomic E-state index is 12.1. The molecular weight excluding hydrogens is 278 g/mol. The number of aromatic nitrogens is 2. The van der Waals surface area contributed by atoms with Crippen LogP contribution in [0.5, 0.6) is 5.75 Å². The summed E-state index contributed by atoms with van der Waals surface area (Å²) in [6, 6.07) is 5.43. The molecule has 2 aromatic rings. The number of carbonyl (C=O) groups is 1. The van der Waals surface area contributed by atoms with E-state index < -0.39 is 10.8 Å². The molecule has 9 nitrogen and oxygen atoms in total. The summed E-state index contributed by atoms with van der Waals surface area (Å²) in [6.07, 6.45) is 0. The number of aryl methyl sites for hydroxylation is 1. The number of hydrogen-bond acceptors (Lipinski definition) is 7. The molecular formula is C12H11N5O4. The van der Waals surface area contributed by atoms with Gasteiger partial charge >= 0.3 is 0 Å². The second-order valence-corrected chi connectivity index (χ2v) is 4.09.